The Kier molecular flexibility index (Phi) is 3.67. The van der Waals surface area contributed by atoms with Gasteiger partial charge in [-0.15, -0.1) is 0 Å². The number of hydrogen-bond donors (Lipinski definition) is 0. The van der Waals surface area contributed by atoms with E-state index in [0.717, 1.165) is 13.2 Å². The van der Waals surface area contributed by atoms with Crippen molar-refractivity contribution in [2.75, 3.05) is 6.26 Å². The second kappa shape index (κ2) is 4.35. The maximum absolute atomic E-state index is 11.9. The summed E-state index contributed by atoms with van der Waals surface area (Å²) in [6, 6.07) is 6.00. The molecule has 16 heavy (non-hydrogen) atoms. The first-order valence-corrected chi connectivity index (χ1v) is 7.00. The topological polar surface area (TPSA) is 51.2 Å². The molecule has 0 spiro atoms. The molecule has 0 unspecified atom stereocenters. The summed E-state index contributed by atoms with van der Waals surface area (Å²) in [5.41, 5.74) is 0.176. The predicted molar refractivity (Wildman–Crippen MR) is 64.9 cm³/mol. The van der Waals surface area contributed by atoms with Gasteiger partial charge >= 0.3 is 0 Å². The van der Waals surface area contributed by atoms with Gasteiger partial charge in [-0.2, -0.15) is 0 Å². The number of rotatable bonds is 3. The van der Waals surface area contributed by atoms with Crippen molar-refractivity contribution in [2.24, 2.45) is 0 Å². The number of halogens is 2. The highest BCUT2D eigenvalue weighted by Crippen LogP contribution is 2.27. The van der Waals surface area contributed by atoms with E-state index in [1.54, 1.807) is 12.1 Å². The zero-order valence-corrected chi connectivity index (χ0v) is 11.0. The average Bonchev–Trinajstić information content (AvgIpc) is 2.14. The van der Waals surface area contributed by atoms with E-state index in [9.17, 15) is 13.2 Å². The fourth-order valence-electron chi connectivity index (χ4n) is 1.06. The van der Waals surface area contributed by atoms with E-state index in [0.29, 0.717) is 5.02 Å². The second-order valence-corrected chi connectivity index (χ2v) is 7.31. The molecular formula is C10H10Cl2O3S. The van der Waals surface area contributed by atoms with Gasteiger partial charge in [0, 0.05) is 16.8 Å². The van der Waals surface area contributed by atoms with Crippen molar-refractivity contribution < 1.29 is 13.2 Å². The number of ketones is 1. The van der Waals surface area contributed by atoms with Crippen molar-refractivity contribution in [1.82, 2.24) is 0 Å². The van der Waals surface area contributed by atoms with Crippen LogP contribution < -0.4 is 0 Å². The van der Waals surface area contributed by atoms with Crippen LogP contribution in [0.25, 0.3) is 0 Å². The smallest absolute Gasteiger partial charge is 0.204 e. The third-order valence-electron chi connectivity index (χ3n) is 2.19. The highest BCUT2D eigenvalue weighted by atomic mass is 35.5. The van der Waals surface area contributed by atoms with Crippen LogP contribution in [0.5, 0.6) is 0 Å². The standard InChI is InChI=1S/C10H10Cl2O3S/c1-10(12,16(2,14)15)9(13)7-4-3-5-8(11)6-7/h3-6H,1-2H3/t10-/m1/s1. The second-order valence-electron chi connectivity index (χ2n) is 3.53. The fraction of sp³-hybridized carbons (Fsp3) is 0.300. The van der Waals surface area contributed by atoms with Gasteiger partial charge in [-0.05, 0) is 19.1 Å². The van der Waals surface area contributed by atoms with Crippen molar-refractivity contribution in [3.8, 4) is 0 Å². The van der Waals surface area contributed by atoms with Gasteiger partial charge in [-0.3, -0.25) is 4.79 Å². The number of benzene rings is 1. The van der Waals surface area contributed by atoms with Crippen molar-refractivity contribution in [3.63, 3.8) is 0 Å². The molecule has 0 aliphatic carbocycles. The summed E-state index contributed by atoms with van der Waals surface area (Å²) in [7, 11) is -3.69. The lowest BCUT2D eigenvalue weighted by atomic mass is 10.1. The van der Waals surface area contributed by atoms with Crippen molar-refractivity contribution >= 4 is 38.8 Å². The zero-order valence-electron chi connectivity index (χ0n) is 8.70. The van der Waals surface area contributed by atoms with Crippen molar-refractivity contribution in [2.45, 2.75) is 11.1 Å². The molecule has 0 heterocycles. The third kappa shape index (κ3) is 2.56. The third-order valence-corrected chi connectivity index (χ3v) is 5.01. The Morgan fingerprint density at radius 1 is 1.38 bits per heavy atom. The van der Waals surface area contributed by atoms with Gasteiger partial charge in [0.2, 0.25) is 4.21 Å². The van der Waals surface area contributed by atoms with Gasteiger partial charge in [-0.25, -0.2) is 8.42 Å². The summed E-state index contributed by atoms with van der Waals surface area (Å²) in [5.74, 6) is -0.681. The highest BCUT2D eigenvalue weighted by molar-refractivity contribution is 7.94. The molecule has 0 N–H and O–H groups in total. The normalized spacial score (nSPS) is 15.5. The molecule has 0 aromatic heterocycles. The predicted octanol–water partition coefficient (Wildman–Crippen LogP) is 2.52. The summed E-state index contributed by atoms with van der Waals surface area (Å²) in [5, 5.41) is 0.354. The Morgan fingerprint density at radius 3 is 2.38 bits per heavy atom. The van der Waals surface area contributed by atoms with E-state index in [2.05, 4.69) is 0 Å². The maximum Gasteiger partial charge on any atom is 0.204 e. The van der Waals surface area contributed by atoms with E-state index in [1.807, 2.05) is 0 Å². The van der Waals surface area contributed by atoms with Crippen LogP contribution in [0.2, 0.25) is 5.02 Å². The molecule has 0 aliphatic rings. The van der Waals surface area contributed by atoms with E-state index in [4.69, 9.17) is 23.2 Å². The van der Waals surface area contributed by atoms with Crippen molar-refractivity contribution in [3.05, 3.63) is 34.9 Å². The summed E-state index contributed by atoms with van der Waals surface area (Å²) in [4.78, 5) is 11.9. The fourth-order valence-corrected chi connectivity index (χ4v) is 1.81. The Bertz CT molecular complexity index is 521. The molecule has 0 aliphatic heterocycles. The number of hydrogen-bond acceptors (Lipinski definition) is 3. The summed E-state index contributed by atoms with van der Waals surface area (Å²) in [6.07, 6.45) is 0.919. The molecule has 1 atom stereocenters. The van der Waals surface area contributed by atoms with Crippen LogP contribution in [0, 0.1) is 0 Å². The van der Waals surface area contributed by atoms with Gasteiger partial charge in [-0.1, -0.05) is 35.3 Å². The first-order valence-electron chi connectivity index (χ1n) is 4.35. The van der Waals surface area contributed by atoms with E-state index >= 15 is 0 Å². The van der Waals surface area contributed by atoms with Crippen LogP contribution in [0.1, 0.15) is 17.3 Å². The molecule has 3 nitrogen and oxygen atoms in total. The van der Waals surface area contributed by atoms with Gasteiger partial charge < -0.3 is 0 Å². The first kappa shape index (κ1) is 13.5. The van der Waals surface area contributed by atoms with Gasteiger partial charge in [0.25, 0.3) is 0 Å². The Balaban J connectivity index is 3.23. The first-order chi connectivity index (χ1) is 7.16. The van der Waals surface area contributed by atoms with Crippen LogP contribution in [0.15, 0.2) is 24.3 Å². The van der Waals surface area contributed by atoms with E-state index in [-0.39, 0.29) is 5.56 Å². The molecule has 0 saturated heterocycles. The highest BCUT2D eigenvalue weighted by Gasteiger charge is 2.41. The zero-order chi connectivity index (χ0) is 12.6. The minimum Gasteiger partial charge on any atom is -0.291 e. The molecule has 0 fully saturated rings. The maximum atomic E-state index is 11.9. The summed E-state index contributed by atoms with van der Waals surface area (Å²) in [6.45, 7) is 1.16. The minimum atomic E-state index is -3.69. The molecule has 6 heteroatoms. The van der Waals surface area contributed by atoms with Gasteiger partial charge in [0.1, 0.15) is 0 Å². The molecule has 0 radical (unpaired) electrons. The lowest BCUT2D eigenvalue weighted by Crippen LogP contribution is -2.37. The molecular weight excluding hydrogens is 271 g/mol. The molecule has 1 rings (SSSR count). The van der Waals surface area contributed by atoms with Crippen LogP contribution >= 0.6 is 23.2 Å². The number of sulfone groups is 1. The van der Waals surface area contributed by atoms with E-state index < -0.39 is 19.8 Å². The van der Waals surface area contributed by atoms with Crippen molar-refractivity contribution in [1.29, 1.82) is 0 Å². The van der Waals surface area contributed by atoms with E-state index in [1.165, 1.54) is 12.1 Å². The molecule has 88 valence electrons. The quantitative estimate of drug-likeness (QED) is 0.632. The lowest BCUT2D eigenvalue weighted by Gasteiger charge is -2.18. The number of Topliss-reactive ketones (excluding diaryl/α,β-unsaturated/α-hetero) is 1. The molecule has 0 amide bonds. The van der Waals surface area contributed by atoms with Crippen LogP contribution in [0.3, 0.4) is 0 Å². The van der Waals surface area contributed by atoms with Crippen LogP contribution in [0.4, 0.5) is 0 Å². The number of carbonyl (C=O) groups excluding carboxylic acids is 1. The van der Waals surface area contributed by atoms with Gasteiger partial charge in [0.15, 0.2) is 15.6 Å². The minimum absolute atomic E-state index is 0.176. The number of carbonyl (C=O) groups is 1. The Labute approximate surface area is 104 Å². The van der Waals surface area contributed by atoms with Gasteiger partial charge in [0.05, 0.1) is 0 Å². The Morgan fingerprint density at radius 2 is 1.94 bits per heavy atom. The molecule has 1 aromatic rings. The van der Waals surface area contributed by atoms with Crippen LogP contribution in [-0.4, -0.2) is 24.7 Å². The molecule has 1 aromatic carbocycles. The monoisotopic (exact) mass is 280 g/mol. The van der Waals surface area contributed by atoms with Crippen LogP contribution in [-0.2, 0) is 9.84 Å². The number of alkyl halides is 1. The summed E-state index contributed by atoms with van der Waals surface area (Å²) < 4.78 is 20.8. The SMILES string of the molecule is C[C@](Cl)(C(=O)c1cccc(Cl)c1)S(C)(=O)=O. The summed E-state index contributed by atoms with van der Waals surface area (Å²) >= 11 is 11.5. The molecule has 0 saturated carbocycles. The average molecular weight is 281 g/mol. The lowest BCUT2D eigenvalue weighted by molar-refractivity contribution is 0.0978. The molecule has 0 bridgehead atoms. The largest absolute Gasteiger partial charge is 0.291 e. The Hall–Kier alpha value is -0.580.